The van der Waals surface area contributed by atoms with Crippen LogP contribution in [0, 0.1) is 6.92 Å². The van der Waals surface area contributed by atoms with E-state index in [0.717, 1.165) is 23.0 Å². The topological polar surface area (TPSA) is 34.1 Å². The Labute approximate surface area is 131 Å². The number of nitrogens with one attached hydrogen (secondary N) is 1. The summed E-state index contributed by atoms with van der Waals surface area (Å²) in [6.07, 6.45) is 0. The van der Waals surface area contributed by atoms with Gasteiger partial charge in [-0.3, -0.25) is 0 Å². The quantitative estimate of drug-likeness (QED) is 0.905. The summed E-state index contributed by atoms with van der Waals surface area (Å²) in [6.45, 7) is 10.1. The van der Waals surface area contributed by atoms with Crippen molar-refractivity contribution < 1.29 is 4.74 Å². The summed E-state index contributed by atoms with van der Waals surface area (Å²) < 4.78 is 5.83. The second-order valence-electron chi connectivity index (χ2n) is 6.21. The highest BCUT2D eigenvalue weighted by molar-refractivity contribution is 7.11. The van der Waals surface area contributed by atoms with Crippen LogP contribution in [0.5, 0.6) is 5.75 Å². The van der Waals surface area contributed by atoms with Crippen LogP contribution in [0.3, 0.4) is 0 Å². The van der Waals surface area contributed by atoms with Gasteiger partial charge in [0.1, 0.15) is 17.4 Å². The average Bonchev–Trinajstić information content (AvgIpc) is 2.77. The van der Waals surface area contributed by atoms with E-state index in [1.165, 1.54) is 10.4 Å². The summed E-state index contributed by atoms with van der Waals surface area (Å²) in [5, 5.41) is 4.19. The van der Waals surface area contributed by atoms with E-state index in [9.17, 15) is 0 Å². The lowest BCUT2D eigenvalue weighted by Gasteiger charge is -2.19. The fourth-order valence-electron chi connectivity index (χ4n) is 2.07. The summed E-state index contributed by atoms with van der Waals surface area (Å²) >= 11 is 1.71. The third-order valence-electron chi connectivity index (χ3n) is 3.36. The van der Waals surface area contributed by atoms with Crippen molar-refractivity contribution in [3.8, 4) is 5.75 Å². The maximum Gasteiger partial charge on any atom is 0.140 e. The van der Waals surface area contributed by atoms with Crippen LogP contribution >= 0.6 is 11.3 Å². The minimum Gasteiger partial charge on any atom is -0.486 e. The zero-order valence-electron chi connectivity index (χ0n) is 13.5. The molecule has 0 amide bonds. The summed E-state index contributed by atoms with van der Waals surface area (Å²) in [7, 11) is 1.95. The van der Waals surface area contributed by atoms with E-state index in [-0.39, 0.29) is 5.41 Å². The summed E-state index contributed by atoms with van der Waals surface area (Å²) in [5.74, 6) is 0.894. The fraction of sp³-hybridized carbons (Fsp3) is 0.471. The monoisotopic (exact) mass is 304 g/mol. The normalized spacial score (nSPS) is 11.7. The Kier molecular flexibility index (Phi) is 5.01. The lowest BCUT2D eigenvalue weighted by molar-refractivity contribution is 0.305. The number of thiazole rings is 1. The molecule has 2 rings (SSSR count). The zero-order chi connectivity index (χ0) is 15.5. The van der Waals surface area contributed by atoms with Gasteiger partial charge >= 0.3 is 0 Å². The fourth-order valence-corrected chi connectivity index (χ4v) is 3.07. The van der Waals surface area contributed by atoms with E-state index in [4.69, 9.17) is 4.74 Å². The molecule has 0 saturated carbocycles. The van der Waals surface area contributed by atoms with Gasteiger partial charge in [-0.15, -0.1) is 11.3 Å². The largest absolute Gasteiger partial charge is 0.486 e. The molecular weight excluding hydrogens is 280 g/mol. The van der Waals surface area contributed by atoms with Gasteiger partial charge in [0.15, 0.2) is 0 Å². The SMILES string of the molecule is CNCc1sc(COc2ccc(C(C)(C)C)cc2)nc1C. The molecule has 0 aliphatic rings. The van der Waals surface area contributed by atoms with Gasteiger partial charge in [-0.25, -0.2) is 4.98 Å². The number of aromatic nitrogens is 1. The smallest absolute Gasteiger partial charge is 0.140 e. The molecule has 0 saturated heterocycles. The van der Waals surface area contributed by atoms with Gasteiger partial charge in [0, 0.05) is 11.4 Å². The van der Waals surface area contributed by atoms with Gasteiger partial charge in [-0.2, -0.15) is 0 Å². The number of rotatable bonds is 5. The molecule has 2 aromatic rings. The molecule has 0 atom stereocenters. The van der Waals surface area contributed by atoms with Crippen LogP contribution in [0.1, 0.15) is 41.9 Å². The first-order valence-corrected chi connectivity index (χ1v) is 8.05. The summed E-state index contributed by atoms with van der Waals surface area (Å²) in [5.41, 5.74) is 2.58. The van der Waals surface area contributed by atoms with Crippen molar-refractivity contribution in [1.82, 2.24) is 10.3 Å². The Morgan fingerprint density at radius 2 is 1.86 bits per heavy atom. The Balaban J connectivity index is 1.98. The van der Waals surface area contributed by atoms with Crippen molar-refractivity contribution in [2.75, 3.05) is 7.05 Å². The van der Waals surface area contributed by atoms with E-state index in [1.54, 1.807) is 11.3 Å². The number of aryl methyl sites for hydroxylation is 1. The van der Waals surface area contributed by atoms with Crippen LogP contribution in [-0.2, 0) is 18.6 Å². The highest BCUT2D eigenvalue weighted by Gasteiger charge is 2.13. The van der Waals surface area contributed by atoms with Gasteiger partial charge in [0.25, 0.3) is 0 Å². The van der Waals surface area contributed by atoms with Gasteiger partial charge < -0.3 is 10.1 Å². The minimum absolute atomic E-state index is 0.174. The number of hydrogen-bond acceptors (Lipinski definition) is 4. The van der Waals surface area contributed by atoms with E-state index < -0.39 is 0 Å². The highest BCUT2D eigenvalue weighted by atomic mass is 32.1. The van der Waals surface area contributed by atoms with E-state index in [2.05, 4.69) is 43.2 Å². The second kappa shape index (κ2) is 6.58. The molecule has 3 nitrogen and oxygen atoms in total. The van der Waals surface area contributed by atoms with Crippen molar-refractivity contribution in [3.05, 3.63) is 45.4 Å². The average molecular weight is 304 g/mol. The molecule has 1 heterocycles. The number of nitrogens with zero attached hydrogens (tertiary/aromatic N) is 1. The van der Waals surface area contributed by atoms with Crippen LogP contribution in [-0.4, -0.2) is 12.0 Å². The molecule has 4 heteroatoms. The van der Waals surface area contributed by atoms with Crippen molar-refractivity contribution in [2.45, 2.75) is 46.3 Å². The molecule has 1 N–H and O–H groups in total. The van der Waals surface area contributed by atoms with Crippen LogP contribution in [0.15, 0.2) is 24.3 Å². The maximum absolute atomic E-state index is 5.83. The molecule has 0 bridgehead atoms. The Bertz CT molecular complexity index is 582. The first-order valence-electron chi connectivity index (χ1n) is 7.23. The molecular formula is C17H24N2OS. The number of hydrogen-bond donors (Lipinski definition) is 1. The summed E-state index contributed by atoms with van der Waals surface area (Å²) in [6, 6.07) is 8.34. The molecule has 1 aromatic carbocycles. The maximum atomic E-state index is 5.83. The molecule has 0 unspecified atom stereocenters. The number of benzene rings is 1. The van der Waals surface area contributed by atoms with Crippen LogP contribution in [0.2, 0.25) is 0 Å². The molecule has 0 spiro atoms. The van der Waals surface area contributed by atoms with Crippen LogP contribution in [0.25, 0.3) is 0 Å². The third-order valence-corrected chi connectivity index (χ3v) is 4.49. The lowest BCUT2D eigenvalue weighted by Crippen LogP contribution is -2.10. The standard InChI is InChI=1S/C17H24N2OS/c1-12-15(10-18-5)21-16(19-12)11-20-14-8-6-13(7-9-14)17(2,3)4/h6-9,18H,10-11H2,1-5H3. The molecule has 0 radical (unpaired) electrons. The first-order chi connectivity index (χ1) is 9.90. The molecule has 114 valence electrons. The van der Waals surface area contributed by atoms with Gasteiger partial charge in [-0.05, 0) is 37.1 Å². The third kappa shape index (κ3) is 4.29. The molecule has 0 aliphatic carbocycles. The van der Waals surface area contributed by atoms with Gasteiger partial charge in [-0.1, -0.05) is 32.9 Å². The molecule has 1 aromatic heterocycles. The van der Waals surface area contributed by atoms with Crippen molar-refractivity contribution >= 4 is 11.3 Å². The van der Waals surface area contributed by atoms with Crippen LogP contribution in [0.4, 0.5) is 0 Å². The first kappa shape index (κ1) is 16.0. The van der Waals surface area contributed by atoms with Gasteiger partial charge in [0.2, 0.25) is 0 Å². The Morgan fingerprint density at radius 3 is 2.43 bits per heavy atom. The van der Waals surface area contributed by atoms with Gasteiger partial charge in [0.05, 0.1) is 5.69 Å². The number of ether oxygens (including phenoxy) is 1. The van der Waals surface area contributed by atoms with Crippen LogP contribution < -0.4 is 10.1 Å². The molecule has 0 aliphatic heterocycles. The summed E-state index contributed by atoms with van der Waals surface area (Å²) in [4.78, 5) is 5.83. The van der Waals surface area contributed by atoms with E-state index in [1.807, 2.05) is 26.1 Å². The highest BCUT2D eigenvalue weighted by Crippen LogP contribution is 2.25. The zero-order valence-corrected chi connectivity index (χ0v) is 14.3. The van der Waals surface area contributed by atoms with Crippen molar-refractivity contribution in [3.63, 3.8) is 0 Å². The Hall–Kier alpha value is -1.39. The molecule has 0 fully saturated rings. The predicted molar refractivity (Wildman–Crippen MR) is 89.1 cm³/mol. The van der Waals surface area contributed by atoms with E-state index in [0.29, 0.717) is 6.61 Å². The molecule has 21 heavy (non-hydrogen) atoms. The minimum atomic E-state index is 0.174. The Morgan fingerprint density at radius 1 is 1.19 bits per heavy atom. The lowest BCUT2D eigenvalue weighted by atomic mass is 9.87. The van der Waals surface area contributed by atoms with Crippen molar-refractivity contribution in [1.29, 1.82) is 0 Å². The van der Waals surface area contributed by atoms with E-state index >= 15 is 0 Å². The second-order valence-corrected chi connectivity index (χ2v) is 7.38. The predicted octanol–water partition coefficient (Wildman–Crippen LogP) is 4.05. The van der Waals surface area contributed by atoms with Crippen molar-refractivity contribution in [2.24, 2.45) is 0 Å².